The van der Waals surface area contributed by atoms with Crippen LogP contribution in [0, 0.1) is 0 Å². The minimum atomic E-state index is 0. The molecule has 0 saturated carbocycles. The van der Waals surface area contributed by atoms with Crippen molar-refractivity contribution in [2.24, 2.45) is 4.99 Å². The van der Waals surface area contributed by atoms with E-state index in [0.717, 1.165) is 40.3 Å². The molecule has 2 rings (SSSR count). The summed E-state index contributed by atoms with van der Waals surface area (Å²) in [4.78, 5) is 9.32. The first-order chi connectivity index (χ1) is 13.1. The van der Waals surface area contributed by atoms with E-state index < -0.39 is 0 Å². The fraction of sp³-hybridized carbons (Fsp3) is 0.500. The van der Waals surface area contributed by atoms with Crippen LogP contribution in [0.15, 0.2) is 28.6 Å². The second-order valence-electron chi connectivity index (χ2n) is 6.29. The summed E-state index contributed by atoms with van der Waals surface area (Å²) in [5.41, 5.74) is 2.20. The lowest BCUT2D eigenvalue weighted by atomic mass is 10.2. The van der Waals surface area contributed by atoms with Crippen LogP contribution in [0.3, 0.4) is 0 Å². The molecule has 0 unspecified atom stereocenters. The Bertz CT molecular complexity index is 750. The monoisotopic (exact) mass is 518 g/mol. The van der Waals surface area contributed by atoms with Gasteiger partial charge in [-0.2, -0.15) is 0 Å². The number of ether oxygens (including phenoxy) is 2. The van der Waals surface area contributed by atoms with Crippen molar-refractivity contribution in [1.29, 1.82) is 0 Å². The number of aromatic nitrogens is 1. The molecule has 2 aromatic rings. The molecule has 156 valence electrons. The first kappa shape index (κ1) is 24.5. The Morgan fingerprint density at radius 3 is 2.61 bits per heavy atom. The molecule has 0 amide bonds. The molecular weight excluding hydrogens is 487 g/mol. The van der Waals surface area contributed by atoms with Crippen LogP contribution in [0.2, 0.25) is 0 Å². The lowest BCUT2D eigenvalue weighted by molar-refractivity contribution is 0.310. The molecule has 1 aromatic carbocycles. The third-order valence-electron chi connectivity index (χ3n) is 3.86. The summed E-state index contributed by atoms with van der Waals surface area (Å²) in [5.74, 6) is 2.70. The number of guanidine groups is 1. The van der Waals surface area contributed by atoms with Gasteiger partial charge in [0.1, 0.15) is 5.01 Å². The lowest BCUT2D eigenvalue weighted by Gasteiger charge is -2.12. The Hall–Kier alpha value is -1.55. The van der Waals surface area contributed by atoms with E-state index in [1.165, 1.54) is 0 Å². The molecule has 0 spiro atoms. The van der Waals surface area contributed by atoms with Gasteiger partial charge >= 0.3 is 0 Å². The number of methoxy groups -OCH3 is 1. The molecule has 0 atom stereocenters. The predicted octanol–water partition coefficient (Wildman–Crippen LogP) is 4.55. The largest absolute Gasteiger partial charge is 0.493 e. The van der Waals surface area contributed by atoms with Gasteiger partial charge in [0.05, 0.1) is 32.5 Å². The van der Waals surface area contributed by atoms with E-state index in [1.807, 2.05) is 25.1 Å². The van der Waals surface area contributed by atoms with Gasteiger partial charge in [0.2, 0.25) is 0 Å². The van der Waals surface area contributed by atoms with Crippen LogP contribution in [-0.2, 0) is 13.1 Å². The predicted molar refractivity (Wildman–Crippen MR) is 127 cm³/mol. The van der Waals surface area contributed by atoms with E-state index in [-0.39, 0.29) is 24.0 Å². The van der Waals surface area contributed by atoms with E-state index in [0.29, 0.717) is 25.6 Å². The van der Waals surface area contributed by atoms with Gasteiger partial charge in [0, 0.05) is 11.9 Å². The summed E-state index contributed by atoms with van der Waals surface area (Å²) in [6.07, 6.45) is 0. The second-order valence-corrected chi connectivity index (χ2v) is 7.23. The number of thiazole rings is 1. The number of hydrogen-bond donors (Lipinski definition) is 2. The topological polar surface area (TPSA) is 67.8 Å². The summed E-state index contributed by atoms with van der Waals surface area (Å²) < 4.78 is 11.0. The van der Waals surface area contributed by atoms with E-state index in [2.05, 4.69) is 46.8 Å². The zero-order chi connectivity index (χ0) is 19.6. The van der Waals surface area contributed by atoms with Crippen molar-refractivity contribution in [2.75, 3.05) is 20.3 Å². The Labute approximate surface area is 189 Å². The summed E-state index contributed by atoms with van der Waals surface area (Å²) >= 11 is 1.68. The minimum Gasteiger partial charge on any atom is -0.493 e. The van der Waals surface area contributed by atoms with Gasteiger partial charge in [-0.1, -0.05) is 19.9 Å². The molecule has 0 saturated heterocycles. The van der Waals surface area contributed by atoms with Crippen molar-refractivity contribution in [2.45, 2.75) is 46.7 Å². The van der Waals surface area contributed by atoms with Crippen molar-refractivity contribution in [1.82, 2.24) is 15.6 Å². The highest BCUT2D eigenvalue weighted by Crippen LogP contribution is 2.28. The number of rotatable bonds is 9. The van der Waals surface area contributed by atoms with Gasteiger partial charge in [-0.05, 0) is 37.5 Å². The van der Waals surface area contributed by atoms with Crippen LogP contribution >= 0.6 is 35.3 Å². The highest BCUT2D eigenvalue weighted by molar-refractivity contribution is 14.0. The molecule has 0 aliphatic carbocycles. The molecule has 0 bridgehead atoms. The minimum absolute atomic E-state index is 0. The van der Waals surface area contributed by atoms with E-state index in [9.17, 15) is 0 Å². The van der Waals surface area contributed by atoms with Crippen LogP contribution in [-0.4, -0.2) is 31.2 Å². The molecule has 2 N–H and O–H groups in total. The highest BCUT2D eigenvalue weighted by atomic mass is 127. The number of nitrogens with one attached hydrogen (secondary N) is 2. The maximum absolute atomic E-state index is 5.56. The lowest BCUT2D eigenvalue weighted by Crippen LogP contribution is -2.36. The van der Waals surface area contributed by atoms with Crippen molar-refractivity contribution >= 4 is 41.3 Å². The zero-order valence-electron chi connectivity index (χ0n) is 17.2. The summed E-state index contributed by atoms with van der Waals surface area (Å²) in [7, 11) is 1.65. The van der Waals surface area contributed by atoms with Gasteiger partial charge in [0.15, 0.2) is 17.5 Å². The Morgan fingerprint density at radius 2 is 2.00 bits per heavy atom. The molecule has 0 aliphatic rings. The van der Waals surface area contributed by atoms with Crippen molar-refractivity contribution < 1.29 is 9.47 Å². The van der Waals surface area contributed by atoms with Crippen molar-refractivity contribution in [3.05, 3.63) is 39.8 Å². The summed E-state index contributed by atoms with van der Waals surface area (Å²) in [6, 6.07) is 5.90. The molecule has 6 nitrogen and oxygen atoms in total. The van der Waals surface area contributed by atoms with Crippen LogP contribution in [0.25, 0.3) is 0 Å². The SMILES string of the molecule is CCNC(=NCc1ccc(OCC)c(OC)c1)NCc1nc(C(C)C)cs1.I. The van der Waals surface area contributed by atoms with E-state index in [1.54, 1.807) is 18.4 Å². The molecule has 1 heterocycles. The maximum Gasteiger partial charge on any atom is 0.191 e. The Morgan fingerprint density at radius 1 is 1.21 bits per heavy atom. The molecule has 0 radical (unpaired) electrons. The van der Waals surface area contributed by atoms with Crippen molar-refractivity contribution in [3.8, 4) is 11.5 Å². The summed E-state index contributed by atoms with van der Waals surface area (Å²) in [5, 5.41) is 9.81. The third kappa shape index (κ3) is 7.46. The normalized spacial score (nSPS) is 11.1. The molecular formula is C20H31IN4O2S. The fourth-order valence-electron chi connectivity index (χ4n) is 2.43. The third-order valence-corrected chi connectivity index (χ3v) is 4.73. The molecule has 28 heavy (non-hydrogen) atoms. The first-order valence-corrected chi connectivity index (χ1v) is 10.2. The molecule has 0 aliphatic heterocycles. The second kappa shape index (κ2) is 12.8. The van der Waals surface area contributed by atoms with Gasteiger partial charge in [0.25, 0.3) is 0 Å². The number of halogens is 1. The average molecular weight is 518 g/mol. The zero-order valence-corrected chi connectivity index (χ0v) is 20.4. The maximum atomic E-state index is 5.56. The number of benzene rings is 1. The molecule has 1 aromatic heterocycles. The smallest absolute Gasteiger partial charge is 0.191 e. The average Bonchev–Trinajstić information content (AvgIpc) is 3.14. The molecule has 8 heteroatoms. The van der Waals surface area contributed by atoms with Gasteiger partial charge in [-0.3, -0.25) is 0 Å². The van der Waals surface area contributed by atoms with Crippen LogP contribution in [0.5, 0.6) is 11.5 Å². The summed E-state index contributed by atoms with van der Waals surface area (Å²) in [6.45, 7) is 10.9. The van der Waals surface area contributed by atoms with Crippen molar-refractivity contribution in [3.63, 3.8) is 0 Å². The number of hydrogen-bond acceptors (Lipinski definition) is 5. The fourth-order valence-corrected chi connectivity index (χ4v) is 3.32. The van der Waals surface area contributed by atoms with Crippen LogP contribution in [0.4, 0.5) is 0 Å². The molecule has 0 fully saturated rings. The van der Waals surface area contributed by atoms with E-state index in [4.69, 9.17) is 9.47 Å². The standard InChI is InChI=1S/C20H30N4O2S.HI/c1-6-21-20(23-12-19-24-16(13-27-19)14(3)4)22-11-15-8-9-17(26-7-2)18(10-15)25-5;/h8-10,13-14H,6-7,11-12H2,1-5H3,(H2,21,22,23);1H. The first-order valence-electron chi connectivity index (χ1n) is 9.33. The van der Waals surface area contributed by atoms with Gasteiger partial charge in [-0.15, -0.1) is 35.3 Å². The quantitative estimate of drug-likeness (QED) is 0.290. The number of nitrogens with zero attached hydrogens (tertiary/aromatic N) is 2. The van der Waals surface area contributed by atoms with Gasteiger partial charge in [-0.25, -0.2) is 9.98 Å². The highest BCUT2D eigenvalue weighted by Gasteiger charge is 2.08. The van der Waals surface area contributed by atoms with E-state index >= 15 is 0 Å². The van der Waals surface area contributed by atoms with Gasteiger partial charge < -0.3 is 20.1 Å². The van der Waals surface area contributed by atoms with Crippen LogP contribution < -0.4 is 20.1 Å². The Balaban J connectivity index is 0.00000392. The van der Waals surface area contributed by atoms with Crippen LogP contribution in [0.1, 0.15) is 49.9 Å². The Kier molecular flexibility index (Phi) is 11.2. The number of aliphatic imine (C=N–C) groups is 1.